The number of hydrogen-bond acceptors (Lipinski definition) is 2. The van der Waals surface area contributed by atoms with E-state index in [0.29, 0.717) is 5.56 Å². The van der Waals surface area contributed by atoms with E-state index in [1.807, 2.05) is 6.07 Å². The van der Waals surface area contributed by atoms with Gasteiger partial charge in [0.05, 0.1) is 6.26 Å². The van der Waals surface area contributed by atoms with Gasteiger partial charge in [-0.15, -0.1) is 0 Å². The maximum absolute atomic E-state index is 11.1. The fraction of sp³-hybridized carbons (Fsp3) is 0. The van der Waals surface area contributed by atoms with Crippen LogP contribution < -0.4 is 0 Å². The number of carbonyl (C=O) groups is 1. The highest BCUT2D eigenvalue weighted by molar-refractivity contribution is 9.10. The number of aliphatic hydroxyl groups is 1. The average Bonchev–Trinajstić information content (AvgIpc) is 2.05. The standard InChI is InChI=1S/C9H7BrO2/c10-8-3-1-2-7(6-8)9(12)4-5-11/h1-6,11H/b5-4-. The maximum Gasteiger partial charge on any atom is 0.188 e. The molecule has 12 heavy (non-hydrogen) atoms. The molecular formula is C9H7BrO2. The van der Waals surface area contributed by atoms with Crippen LogP contribution in [-0.4, -0.2) is 10.9 Å². The Morgan fingerprint density at radius 1 is 1.50 bits per heavy atom. The van der Waals surface area contributed by atoms with Gasteiger partial charge < -0.3 is 5.11 Å². The van der Waals surface area contributed by atoms with Gasteiger partial charge >= 0.3 is 0 Å². The van der Waals surface area contributed by atoms with Crippen molar-refractivity contribution >= 4 is 21.7 Å². The average molecular weight is 227 g/mol. The van der Waals surface area contributed by atoms with Crippen molar-refractivity contribution in [1.29, 1.82) is 0 Å². The first-order valence-corrected chi connectivity index (χ1v) is 4.14. The SMILES string of the molecule is O=C(/C=C\O)c1cccc(Br)c1. The summed E-state index contributed by atoms with van der Waals surface area (Å²) in [5.41, 5.74) is 0.551. The molecule has 0 aromatic heterocycles. The van der Waals surface area contributed by atoms with Gasteiger partial charge in [0.25, 0.3) is 0 Å². The summed E-state index contributed by atoms with van der Waals surface area (Å²) in [5, 5.41) is 8.35. The van der Waals surface area contributed by atoms with Crippen molar-refractivity contribution < 1.29 is 9.90 Å². The van der Waals surface area contributed by atoms with Crippen LogP contribution in [0.4, 0.5) is 0 Å². The third-order valence-corrected chi connectivity index (χ3v) is 1.83. The van der Waals surface area contributed by atoms with Gasteiger partial charge in [0.1, 0.15) is 0 Å². The summed E-state index contributed by atoms with van der Waals surface area (Å²) in [5.74, 6) is -0.209. The van der Waals surface area contributed by atoms with E-state index in [0.717, 1.165) is 16.8 Å². The van der Waals surface area contributed by atoms with Gasteiger partial charge in [-0.3, -0.25) is 4.79 Å². The predicted molar refractivity (Wildman–Crippen MR) is 50.2 cm³/mol. The molecule has 0 saturated heterocycles. The Morgan fingerprint density at radius 2 is 2.25 bits per heavy atom. The molecule has 0 fully saturated rings. The first-order chi connectivity index (χ1) is 5.74. The number of benzene rings is 1. The van der Waals surface area contributed by atoms with Crippen molar-refractivity contribution in [1.82, 2.24) is 0 Å². The number of carbonyl (C=O) groups excluding carboxylic acids is 1. The minimum absolute atomic E-state index is 0.209. The molecule has 0 heterocycles. The van der Waals surface area contributed by atoms with Crippen LogP contribution in [0.2, 0.25) is 0 Å². The van der Waals surface area contributed by atoms with Gasteiger partial charge in [-0.1, -0.05) is 28.1 Å². The molecule has 0 aliphatic carbocycles. The minimum Gasteiger partial charge on any atom is -0.515 e. The highest BCUT2D eigenvalue weighted by Gasteiger charge is 2.00. The highest BCUT2D eigenvalue weighted by Crippen LogP contribution is 2.12. The van der Waals surface area contributed by atoms with Crippen molar-refractivity contribution in [2.45, 2.75) is 0 Å². The van der Waals surface area contributed by atoms with E-state index < -0.39 is 0 Å². The van der Waals surface area contributed by atoms with E-state index in [-0.39, 0.29) is 5.78 Å². The normalized spacial score (nSPS) is 10.4. The lowest BCUT2D eigenvalue weighted by molar-refractivity contribution is 0.104. The van der Waals surface area contributed by atoms with E-state index in [2.05, 4.69) is 15.9 Å². The van der Waals surface area contributed by atoms with Crippen LogP contribution in [0.1, 0.15) is 10.4 Å². The summed E-state index contributed by atoms with van der Waals surface area (Å²) in [6.45, 7) is 0. The molecule has 0 aliphatic heterocycles. The fourth-order valence-electron chi connectivity index (χ4n) is 0.806. The minimum atomic E-state index is -0.209. The highest BCUT2D eigenvalue weighted by atomic mass is 79.9. The van der Waals surface area contributed by atoms with Gasteiger partial charge in [0, 0.05) is 16.1 Å². The van der Waals surface area contributed by atoms with Crippen LogP contribution in [0.3, 0.4) is 0 Å². The second-order valence-corrected chi connectivity index (χ2v) is 3.11. The number of rotatable bonds is 2. The van der Waals surface area contributed by atoms with Crippen LogP contribution in [0.15, 0.2) is 41.1 Å². The van der Waals surface area contributed by atoms with Gasteiger partial charge in [0.15, 0.2) is 5.78 Å². The van der Waals surface area contributed by atoms with Crippen molar-refractivity contribution in [2.24, 2.45) is 0 Å². The lowest BCUT2D eigenvalue weighted by atomic mass is 10.1. The lowest BCUT2D eigenvalue weighted by Crippen LogP contribution is -1.93. The quantitative estimate of drug-likeness (QED) is 0.479. The molecule has 0 unspecified atom stereocenters. The number of allylic oxidation sites excluding steroid dienone is 1. The van der Waals surface area contributed by atoms with Crippen LogP contribution in [0, 0.1) is 0 Å². The number of halogens is 1. The van der Waals surface area contributed by atoms with Crippen LogP contribution >= 0.6 is 15.9 Å². The molecule has 0 radical (unpaired) electrons. The molecule has 62 valence electrons. The Balaban J connectivity index is 2.96. The summed E-state index contributed by atoms with van der Waals surface area (Å²) in [4.78, 5) is 11.1. The maximum atomic E-state index is 11.1. The van der Waals surface area contributed by atoms with Crippen molar-refractivity contribution in [3.8, 4) is 0 Å². The molecular weight excluding hydrogens is 220 g/mol. The summed E-state index contributed by atoms with van der Waals surface area (Å²) in [7, 11) is 0. The summed E-state index contributed by atoms with van der Waals surface area (Å²) in [6.07, 6.45) is 1.85. The fourth-order valence-corrected chi connectivity index (χ4v) is 1.20. The number of ketones is 1. The molecule has 3 heteroatoms. The second-order valence-electron chi connectivity index (χ2n) is 2.19. The zero-order chi connectivity index (χ0) is 8.97. The van der Waals surface area contributed by atoms with Crippen LogP contribution in [0.5, 0.6) is 0 Å². The second kappa shape index (κ2) is 4.07. The molecule has 0 bridgehead atoms. The Bertz CT molecular complexity index is 318. The summed E-state index contributed by atoms with van der Waals surface area (Å²) < 4.78 is 0.847. The number of aliphatic hydroxyl groups excluding tert-OH is 1. The Kier molecular flexibility index (Phi) is 3.05. The Hall–Kier alpha value is -1.09. The molecule has 1 aromatic carbocycles. The topological polar surface area (TPSA) is 37.3 Å². The zero-order valence-corrected chi connectivity index (χ0v) is 7.78. The molecule has 0 saturated carbocycles. The molecule has 0 atom stereocenters. The predicted octanol–water partition coefficient (Wildman–Crippen LogP) is 2.70. The Morgan fingerprint density at radius 3 is 2.83 bits per heavy atom. The molecule has 2 nitrogen and oxygen atoms in total. The van der Waals surface area contributed by atoms with Crippen molar-refractivity contribution in [2.75, 3.05) is 0 Å². The molecule has 1 N–H and O–H groups in total. The molecule has 1 aromatic rings. The first kappa shape index (κ1) is 9.00. The third kappa shape index (κ3) is 2.20. The smallest absolute Gasteiger partial charge is 0.188 e. The molecule has 0 amide bonds. The number of hydrogen-bond donors (Lipinski definition) is 1. The van der Waals surface area contributed by atoms with Gasteiger partial charge in [-0.2, -0.15) is 0 Å². The zero-order valence-electron chi connectivity index (χ0n) is 6.20. The van der Waals surface area contributed by atoms with Gasteiger partial charge in [-0.25, -0.2) is 0 Å². The van der Waals surface area contributed by atoms with E-state index in [1.54, 1.807) is 18.2 Å². The van der Waals surface area contributed by atoms with E-state index in [9.17, 15) is 4.79 Å². The molecule has 1 rings (SSSR count). The summed E-state index contributed by atoms with van der Waals surface area (Å²) in [6, 6.07) is 6.98. The lowest BCUT2D eigenvalue weighted by Gasteiger charge is -1.94. The third-order valence-electron chi connectivity index (χ3n) is 1.34. The van der Waals surface area contributed by atoms with Gasteiger partial charge in [0.2, 0.25) is 0 Å². The first-order valence-electron chi connectivity index (χ1n) is 3.34. The molecule has 0 aliphatic rings. The van der Waals surface area contributed by atoms with Gasteiger partial charge in [-0.05, 0) is 12.1 Å². The van der Waals surface area contributed by atoms with Crippen molar-refractivity contribution in [3.63, 3.8) is 0 Å². The Labute approximate surface area is 78.7 Å². The molecule has 0 spiro atoms. The largest absolute Gasteiger partial charge is 0.515 e. The van der Waals surface area contributed by atoms with Crippen molar-refractivity contribution in [3.05, 3.63) is 46.6 Å². The van der Waals surface area contributed by atoms with Crippen LogP contribution in [0.25, 0.3) is 0 Å². The summed E-state index contributed by atoms with van der Waals surface area (Å²) >= 11 is 3.24. The van der Waals surface area contributed by atoms with E-state index >= 15 is 0 Å². The van der Waals surface area contributed by atoms with E-state index in [4.69, 9.17) is 5.11 Å². The van der Waals surface area contributed by atoms with Crippen LogP contribution in [-0.2, 0) is 0 Å². The monoisotopic (exact) mass is 226 g/mol. The van der Waals surface area contributed by atoms with E-state index in [1.165, 1.54) is 0 Å².